The molecule has 0 nitrogen and oxygen atoms in total. The summed E-state index contributed by atoms with van der Waals surface area (Å²) in [5.41, 5.74) is 0.525. The average Bonchev–Trinajstić information content (AvgIpc) is 2.13. The minimum absolute atomic E-state index is 0.525. The van der Waals surface area contributed by atoms with Crippen LogP contribution in [0.5, 0.6) is 0 Å². The molecule has 0 aromatic carbocycles. The first-order chi connectivity index (χ1) is 6.99. The lowest BCUT2D eigenvalue weighted by Crippen LogP contribution is -2.09. The minimum atomic E-state index is 0.525. The van der Waals surface area contributed by atoms with Gasteiger partial charge in [-0.3, -0.25) is 0 Å². The van der Waals surface area contributed by atoms with Crippen LogP contribution >= 0.6 is 0 Å². The van der Waals surface area contributed by atoms with Crippen LogP contribution in [0.3, 0.4) is 0 Å². The second-order valence-electron chi connectivity index (χ2n) is 6.25. The fourth-order valence-corrected chi connectivity index (χ4v) is 2.16. The van der Waals surface area contributed by atoms with E-state index in [9.17, 15) is 0 Å². The standard InChI is InChI=1S/C15H32/c1-6-8-9-11-14(10-7-2)12-13-15(3,4)5/h14H,6-13H2,1-5H3. The Labute approximate surface area is 97.8 Å². The van der Waals surface area contributed by atoms with E-state index < -0.39 is 0 Å². The van der Waals surface area contributed by atoms with Crippen molar-refractivity contribution in [2.45, 2.75) is 86.0 Å². The molecule has 92 valence electrons. The Bertz CT molecular complexity index is 129. The lowest BCUT2D eigenvalue weighted by atomic mass is 9.83. The Kier molecular flexibility index (Phi) is 8.19. The van der Waals surface area contributed by atoms with Gasteiger partial charge in [-0.25, -0.2) is 0 Å². The highest BCUT2D eigenvalue weighted by atomic mass is 14.2. The molecule has 0 aromatic rings. The SMILES string of the molecule is CCCCCC(CCC)CCC(C)(C)C. The van der Waals surface area contributed by atoms with Crippen LogP contribution in [0, 0.1) is 11.3 Å². The minimum Gasteiger partial charge on any atom is -0.0654 e. The predicted octanol–water partition coefficient (Wildman–Crippen LogP) is 5.81. The van der Waals surface area contributed by atoms with E-state index in [-0.39, 0.29) is 0 Å². The summed E-state index contributed by atoms with van der Waals surface area (Å²) in [4.78, 5) is 0. The molecule has 0 rings (SSSR count). The van der Waals surface area contributed by atoms with Crippen molar-refractivity contribution in [2.75, 3.05) is 0 Å². The smallest absolute Gasteiger partial charge is 0.0383 e. The van der Waals surface area contributed by atoms with Crippen molar-refractivity contribution < 1.29 is 0 Å². The quantitative estimate of drug-likeness (QED) is 0.445. The Hall–Kier alpha value is 0. The van der Waals surface area contributed by atoms with Crippen LogP contribution < -0.4 is 0 Å². The molecule has 0 heterocycles. The molecule has 15 heavy (non-hydrogen) atoms. The summed E-state index contributed by atoms with van der Waals surface area (Å²) in [6.45, 7) is 11.7. The summed E-state index contributed by atoms with van der Waals surface area (Å²) in [6.07, 6.45) is 11.3. The molecule has 0 radical (unpaired) electrons. The summed E-state index contributed by atoms with van der Waals surface area (Å²) in [7, 11) is 0. The molecule has 0 spiro atoms. The predicted molar refractivity (Wildman–Crippen MR) is 71.2 cm³/mol. The lowest BCUT2D eigenvalue weighted by Gasteiger charge is -2.23. The highest BCUT2D eigenvalue weighted by Gasteiger charge is 2.14. The molecule has 0 N–H and O–H groups in total. The molecule has 0 saturated carbocycles. The number of hydrogen-bond donors (Lipinski definition) is 0. The first kappa shape index (κ1) is 15.0. The molecular formula is C15H32. The fraction of sp³-hybridized carbons (Fsp3) is 1.00. The normalized spacial score (nSPS) is 14.2. The van der Waals surface area contributed by atoms with Gasteiger partial charge in [-0.2, -0.15) is 0 Å². The van der Waals surface area contributed by atoms with Crippen molar-refractivity contribution >= 4 is 0 Å². The van der Waals surface area contributed by atoms with Gasteiger partial charge in [0.15, 0.2) is 0 Å². The van der Waals surface area contributed by atoms with Crippen LogP contribution in [0.2, 0.25) is 0 Å². The highest BCUT2D eigenvalue weighted by molar-refractivity contribution is 4.66. The van der Waals surface area contributed by atoms with Crippen LogP contribution in [0.25, 0.3) is 0 Å². The molecule has 0 aliphatic carbocycles. The Morgan fingerprint density at radius 3 is 1.93 bits per heavy atom. The van der Waals surface area contributed by atoms with Crippen LogP contribution in [0.15, 0.2) is 0 Å². The summed E-state index contributed by atoms with van der Waals surface area (Å²) in [6, 6.07) is 0. The number of rotatable bonds is 8. The van der Waals surface area contributed by atoms with Gasteiger partial charge in [0.05, 0.1) is 0 Å². The van der Waals surface area contributed by atoms with E-state index in [1.165, 1.54) is 51.4 Å². The van der Waals surface area contributed by atoms with Crippen LogP contribution in [-0.4, -0.2) is 0 Å². The van der Waals surface area contributed by atoms with Crippen molar-refractivity contribution in [1.29, 1.82) is 0 Å². The topological polar surface area (TPSA) is 0 Å². The summed E-state index contributed by atoms with van der Waals surface area (Å²) in [5.74, 6) is 1.00. The maximum atomic E-state index is 2.36. The van der Waals surface area contributed by atoms with E-state index >= 15 is 0 Å². The Morgan fingerprint density at radius 2 is 1.47 bits per heavy atom. The molecular weight excluding hydrogens is 180 g/mol. The third kappa shape index (κ3) is 10.3. The fourth-order valence-electron chi connectivity index (χ4n) is 2.16. The molecule has 0 aliphatic heterocycles. The highest BCUT2D eigenvalue weighted by Crippen LogP contribution is 2.28. The zero-order chi connectivity index (χ0) is 11.7. The first-order valence-corrected chi connectivity index (χ1v) is 6.99. The van der Waals surface area contributed by atoms with Gasteiger partial charge in [0, 0.05) is 0 Å². The van der Waals surface area contributed by atoms with Crippen molar-refractivity contribution in [3.8, 4) is 0 Å². The monoisotopic (exact) mass is 212 g/mol. The Balaban J connectivity index is 3.72. The molecule has 0 bridgehead atoms. The van der Waals surface area contributed by atoms with Gasteiger partial charge >= 0.3 is 0 Å². The second kappa shape index (κ2) is 8.19. The van der Waals surface area contributed by atoms with E-state index in [1.807, 2.05) is 0 Å². The molecule has 0 amide bonds. The third-order valence-corrected chi connectivity index (χ3v) is 3.22. The van der Waals surface area contributed by atoms with Crippen molar-refractivity contribution in [3.05, 3.63) is 0 Å². The molecule has 1 atom stereocenters. The van der Waals surface area contributed by atoms with E-state index in [1.54, 1.807) is 0 Å². The van der Waals surface area contributed by atoms with E-state index in [0.29, 0.717) is 5.41 Å². The summed E-state index contributed by atoms with van der Waals surface area (Å²) >= 11 is 0. The molecule has 1 unspecified atom stereocenters. The average molecular weight is 212 g/mol. The van der Waals surface area contributed by atoms with Crippen LogP contribution in [0.1, 0.15) is 86.0 Å². The van der Waals surface area contributed by atoms with Gasteiger partial charge in [-0.1, -0.05) is 73.1 Å². The number of hydrogen-bond acceptors (Lipinski definition) is 0. The van der Waals surface area contributed by atoms with Gasteiger partial charge < -0.3 is 0 Å². The summed E-state index contributed by atoms with van der Waals surface area (Å²) < 4.78 is 0. The van der Waals surface area contributed by atoms with Crippen LogP contribution in [0.4, 0.5) is 0 Å². The lowest BCUT2D eigenvalue weighted by molar-refractivity contribution is 0.298. The van der Waals surface area contributed by atoms with Gasteiger partial charge in [0.25, 0.3) is 0 Å². The first-order valence-electron chi connectivity index (χ1n) is 6.99. The molecule has 0 heteroatoms. The molecule has 0 aromatic heterocycles. The van der Waals surface area contributed by atoms with E-state index in [2.05, 4.69) is 34.6 Å². The largest absolute Gasteiger partial charge is 0.0654 e. The second-order valence-corrected chi connectivity index (χ2v) is 6.25. The van der Waals surface area contributed by atoms with Gasteiger partial charge in [-0.15, -0.1) is 0 Å². The van der Waals surface area contributed by atoms with Crippen LogP contribution in [-0.2, 0) is 0 Å². The van der Waals surface area contributed by atoms with Gasteiger partial charge in [0.1, 0.15) is 0 Å². The van der Waals surface area contributed by atoms with E-state index in [0.717, 1.165) is 5.92 Å². The zero-order valence-electron chi connectivity index (χ0n) is 11.7. The molecule has 0 aliphatic rings. The summed E-state index contributed by atoms with van der Waals surface area (Å²) in [5, 5.41) is 0. The molecule has 0 fully saturated rings. The zero-order valence-corrected chi connectivity index (χ0v) is 11.7. The van der Waals surface area contributed by atoms with Crippen molar-refractivity contribution in [1.82, 2.24) is 0 Å². The van der Waals surface area contributed by atoms with Crippen molar-refractivity contribution in [2.24, 2.45) is 11.3 Å². The van der Waals surface area contributed by atoms with Gasteiger partial charge in [-0.05, 0) is 24.2 Å². The van der Waals surface area contributed by atoms with Crippen molar-refractivity contribution in [3.63, 3.8) is 0 Å². The van der Waals surface area contributed by atoms with Gasteiger partial charge in [0.2, 0.25) is 0 Å². The molecule has 0 saturated heterocycles. The number of unbranched alkanes of at least 4 members (excludes halogenated alkanes) is 2. The van der Waals surface area contributed by atoms with E-state index in [4.69, 9.17) is 0 Å². The maximum Gasteiger partial charge on any atom is -0.0383 e. The maximum absolute atomic E-state index is 2.36. The Morgan fingerprint density at radius 1 is 0.800 bits per heavy atom. The third-order valence-electron chi connectivity index (χ3n) is 3.22.